The van der Waals surface area contributed by atoms with Crippen molar-refractivity contribution in [3.63, 3.8) is 0 Å². The van der Waals surface area contributed by atoms with Crippen molar-refractivity contribution in [1.29, 1.82) is 0 Å². The predicted octanol–water partition coefficient (Wildman–Crippen LogP) is 12.3. The van der Waals surface area contributed by atoms with Gasteiger partial charge in [0, 0.05) is 16.7 Å². The molecular formula is C47H29N3. The van der Waals surface area contributed by atoms with E-state index in [9.17, 15) is 0 Å². The molecule has 232 valence electrons. The summed E-state index contributed by atoms with van der Waals surface area (Å²) in [6.07, 6.45) is 0. The molecule has 0 radical (unpaired) electrons. The molecule has 0 unspecified atom stereocenters. The molecule has 0 saturated heterocycles. The quantitative estimate of drug-likeness (QED) is 0.181. The van der Waals surface area contributed by atoms with Gasteiger partial charge in [0.05, 0.1) is 0 Å². The van der Waals surface area contributed by atoms with Crippen molar-refractivity contribution in [3.05, 3.63) is 176 Å². The molecule has 0 bridgehead atoms. The summed E-state index contributed by atoms with van der Waals surface area (Å²) in [5.74, 6) is 1.94. The van der Waals surface area contributed by atoms with Gasteiger partial charge in [-0.1, -0.05) is 164 Å². The maximum absolute atomic E-state index is 5.20. The summed E-state index contributed by atoms with van der Waals surface area (Å²) in [5.41, 5.74) is 5.10. The van der Waals surface area contributed by atoms with Crippen molar-refractivity contribution in [3.8, 4) is 45.3 Å². The molecule has 50 heavy (non-hydrogen) atoms. The highest BCUT2D eigenvalue weighted by molar-refractivity contribution is 6.33. The van der Waals surface area contributed by atoms with E-state index >= 15 is 0 Å². The van der Waals surface area contributed by atoms with Crippen LogP contribution in [0.4, 0.5) is 0 Å². The molecule has 0 saturated carbocycles. The van der Waals surface area contributed by atoms with Crippen LogP contribution in [0.25, 0.3) is 99.2 Å². The van der Waals surface area contributed by atoms with Crippen molar-refractivity contribution >= 4 is 53.9 Å². The first kappa shape index (κ1) is 28.3. The van der Waals surface area contributed by atoms with Crippen molar-refractivity contribution < 1.29 is 0 Å². The van der Waals surface area contributed by atoms with Crippen LogP contribution in [0.1, 0.15) is 0 Å². The predicted molar refractivity (Wildman–Crippen MR) is 209 cm³/mol. The largest absolute Gasteiger partial charge is 0.208 e. The lowest BCUT2D eigenvalue weighted by Crippen LogP contribution is -2.01. The topological polar surface area (TPSA) is 38.7 Å². The Bertz CT molecular complexity index is 2930. The highest BCUT2D eigenvalue weighted by Crippen LogP contribution is 2.44. The number of benzene rings is 9. The summed E-state index contributed by atoms with van der Waals surface area (Å²) in [6.45, 7) is 0. The van der Waals surface area contributed by atoms with Gasteiger partial charge in [0.25, 0.3) is 0 Å². The fourth-order valence-corrected chi connectivity index (χ4v) is 7.57. The molecule has 0 aliphatic carbocycles. The average molecular weight is 636 g/mol. The molecule has 3 nitrogen and oxygen atoms in total. The van der Waals surface area contributed by atoms with Crippen molar-refractivity contribution in [1.82, 2.24) is 15.0 Å². The number of aromatic nitrogens is 3. The fourth-order valence-electron chi connectivity index (χ4n) is 7.57. The van der Waals surface area contributed by atoms with Crippen LogP contribution in [0.15, 0.2) is 176 Å². The SMILES string of the molecule is c1ccc(-c2nc(-c3ccc4ccccc4c3)nc(-c3ccccc3-c3cc4c5ccccc5c5ccccc5c4c4ccccc34)n2)cc1. The Labute approximate surface area is 289 Å². The van der Waals surface area contributed by atoms with Gasteiger partial charge < -0.3 is 0 Å². The highest BCUT2D eigenvalue weighted by Gasteiger charge is 2.19. The Morgan fingerprint density at radius 2 is 0.760 bits per heavy atom. The molecule has 0 fully saturated rings. The van der Waals surface area contributed by atoms with Crippen LogP contribution in [0, 0.1) is 0 Å². The van der Waals surface area contributed by atoms with Crippen molar-refractivity contribution in [2.45, 2.75) is 0 Å². The molecule has 1 aromatic heterocycles. The minimum atomic E-state index is 0.644. The molecule has 1 heterocycles. The second-order valence-electron chi connectivity index (χ2n) is 12.8. The lowest BCUT2D eigenvalue weighted by molar-refractivity contribution is 1.07. The van der Waals surface area contributed by atoms with Crippen LogP contribution in [-0.4, -0.2) is 15.0 Å². The van der Waals surface area contributed by atoms with E-state index in [1.807, 2.05) is 18.2 Å². The third-order valence-corrected chi connectivity index (χ3v) is 9.88. The zero-order chi connectivity index (χ0) is 33.0. The third-order valence-electron chi connectivity index (χ3n) is 9.88. The van der Waals surface area contributed by atoms with Crippen LogP contribution in [-0.2, 0) is 0 Å². The van der Waals surface area contributed by atoms with Crippen LogP contribution >= 0.6 is 0 Å². The third kappa shape index (κ3) is 4.56. The second-order valence-corrected chi connectivity index (χ2v) is 12.8. The van der Waals surface area contributed by atoms with Gasteiger partial charge in [0.2, 0.25) is 0 Å². The Morgan fingerprint density at radius 1 is 0.260 bits per heavy atom. The van der Waals surface area contributed by atoms with Gasteiger partial charge in [-0.15, -0.1) is 0 Å². The van der Waals surface area contributed by atoms with E-state index in [2.05, 4.69) is 158 Å². The first-order valence-corrected chi connectivity index (χ1v) is 17.0. The lowest BCUT2D eigenvalue weighted by atomic mass is 9.86. The summed E-state index contributed by atoms with van der Waals surface area (Å²) in [6, 6.07) is 62.2. The molecule has 0 amide bonds. The zero-order valence-electron chi connectivity index (χ0n) is 27.1. The summed E-state index contributed by atoms with van der Waals surface area (Å²) in [4.78, 5) is 15.4. The molecule has 0 atom stereocenters. The van der Waals surface area contributed by atoms with Gasteiger partial charge in [-0.2, -0.15) is 0 Å². The molecule has 0 aliphatic heterocycles. The van der Waals surface area contributed by atoms with Crippen LogP contribution < -0.4 is 0 Å². The molecular weight excluding hydrogens is 607 g/mol. The molecule has 0 N–H and O–H groups in total. The van der Waals surface area contributed by atoms with E-state index in [1.165, 1.54) is 48.5 Å². The minimum absolute atomic E-state index is 0.644. The standard InChI is InChI=1S/C47H29N3/c1-2-15-31(16-3-1)45-48-46(33-27-26-30-14-4-5-17-32(30)28-33)50-47(49-45)41-25-13-10-22-38(41)42-29-43-36-20-7-6-18-34(36)35-19-8-11-23-39(35)44(43)40-24-12-9-21-37(40)42/h1-29H. The Balaban J connectivity index is 1.26. The first-order valence-electron chi connectivity index (χ1n) is 17.0. The average Bonchev–Trinajstić information content (AvgIpc) is 3.20. The number of rotatable bonds is 4. The fraction of sp³-hybridized carbons (Fsp3) is 0. The number of hydrogen-bond acceptors (Lipinski definition) is 3. The maximum Gasteiger partial charge on any atom is 0.164 e. The van der Waals surface area contributed by atoms with Crippen molar-refractivity contribution in [2.24, 2.45) is 0 Å². The van der Waals surface area contributed by atoms with Crippen molar-refractivity contribution in [2.75, 3.05) is 0 Å². The van der Waals surface area contributed by atoms with Gasteiger partial charge in [-0.25, -0.2) is 15.0 Å². The lowest BCUT2D eigenvalue weighted by Gasteiger charge is -2.18. The summed E-state index contributed by atoms with van der Waals surface area (Å²) in [7, 11) is 0. The molecule has 0 spiro atoms. The maximum atomic E-state index is 5.20. The number of fused-ring (bicyclic) bond motifs is 9. The Kier molecular flexibility index (Phi) is 6.49. The van der Waals surface area contributed by atoms with E-state index in [1.54, 1.807) is 0 Å². The summed E-state index contributed by atoms with van der Waals surface area (Å²) >= 11 is 0. The summed E-state index contributed by atoms with van der Waals surface area (Å²) in [5, 5.41) is 12.3. The molecule has 9 aromatic carbocycles. The first-order chi connectivity index (χ1) is 24.8. The van der Waals surface area contributed by atoms with Gasteiger partial charge in [0.15, 0.2) is 17.5 Å². The zero-order valence-corrected chi connectivity index (χ0v) is 27.1. The normalized spacial score (nSPS) is 11.6. The monoisotopic (exact) mass is 635 g/mol. The molecule has 0 aliphatic rings. The van der Waals surface area contributed by atoms with E-state index in [-0.39, 0.29) is 0 Å². The summed E-state index contributed by atoms with van der Waals surface area (Å²) < 4.78 is 0. The van der Waals surface area contributed by atoms with Gasteiger partial charge in [0.1, 0.15) is 0 Å². The Hall–Kier alpha value is -6.71. The van der Waals surface area contributed by atoms with Gasteiger partial charge in [-0.05, 0) is 77.1 Å². The van der Waals surface area contributed by atoms with Crippen LogP contribution in [0.3, 0.4) is 0 Å². The Morgan fingerprint density at radius 3 is 1.50 bits per heavy atom. The van der Waals surface area contributed by atoms with E-state index in [0.717, 1.165) is 33.2 Å². The number of nitrogens with zero attached hydrogens (tertiary/aromatic N) is 3. The van der Waals surface area contributed by atoms with Crippen LogP contribution in [0.2, 0.25) is 0 Å². The molecule has 10 aromatic rings. The van der Waals surface area contributed by atoms with E-state index in [0.29, 0.717) is 17.5 Å². The molecule has 3 heteroatoms. The second kappa shape index (κ2) is 11.5. The highest BCUT2D eigenvalue weighted by atomic mass is 15.0. The molecule has 10 rings (SSSR count). The smallest absolute Gasteiger partial charge is 0.164 e. The van der Waals surface area contributed by atoms with Gasteiger partial charge >= 0.3 is 0 Å². The van der Waals surface area contributed by atoms with E-state index < -0.39 is 0 Å². The van der Waals surface area contributed by atoms with Gasteiger partial charge in [-0.3, -0.25) is 0 Å². The number of hydrogen-bond donors (Lipinski definition) is 0. The van der Waals surface area contributed by atoms with Crippen LogP contribution in [0.5, 0.6) is 0 Å². The van der Waals surface area contributed by atoms with E-state index in [4.69, 9.17) is 15.0 Å². The minimum Gasteiger partial charge on any atom is -0.208 e.